The van der Waals surface area contributed by atoms with Crippen LogP contribution in [0.2, 0.25) is 0 Å². The normalized spacial score (nSPS) is 28.8. The molecule has 1 aliphatic heterocycles. The predicted molar refractivity (Wildman–Crippen MR) is 89.2 cm³/mol. The lowest BCUT2D eigenvalue weighted by molar-refractivity contribution is -0.118. The molecule has 2 aromatic heterocycles. The minimum Gasteiger partial charge on any atom is -0.394 e. The van der Waals surface area contributed by atoms with Gasteiger partial charge in [0.1, 0.15) is 17.8 Å². The maximum atomic E-state index is 12.2. The fourth-order valence-corrected chi connectivity index (χ4v) is 2.81. The zero-order chi connectivity index (χ0) is 19.2. The Morgan fingerprint density at radius 1 is 1.54 bits per heavy atom. The van der Waals surface area contributed by atoms with Crippen LogP contribution in [0, 0.1) is 5.92 Å². The molecule has 1 aliphatic rings. The van der Waals surface area contributed by atoms with Crippen molar-refractivity contribution >= 4 is 23.0 Å². The van der Waals surface area contributed by atoms with Gasteiger partial charge in [-0.05, 0) is 6.92 Å². The van der Waals surface area contributed by atoms with Gasteiger partial charge in [-0.3, -0.25) is 24.5 Å². The molecule has 1 amide bonds. The third kappa shape index (κ3) is 2.88. The van der Waals surface area contributed by atoms with E-state index < -0.39 is 36.2 Å². The summed E-state index contributed by atoms with van der Waals surface area (Å²) < 4.78 is 6.81. The molecule has 4 atom stereocenters. The Labute approximate surface area is 147 Å². The number of H-pyrrole nitrogens is 1. The quantitative estimate of drug-likeness (QED) is 0.446. The van der Waals surface area contributed by atoms with Crippen LogP contribution in [0.25, 0.3) is 11.2 Å². The van der Waals surface area contributed by atoms with Gasteiger partial charge in [-0.1, -0.05) is 13.8 Å². The number of aromatic amines is 1. The van der Waals surface area contributed by atoms with E-state index in [1.54, 1.807) is 13.8 Å². The molecule has 3 rings (SSSR count). The van der Waals surface area contributed by atoms with Crippen molar-refractivity contribution in [1.82, 2.24) is 19.5 Å². The van der Waals surface area contributed by atoms with E-state index >= 15 is 0 Å². The summed E-state index contributed by atoms with van der Waals surface area (Å²) in [6, 6.07) is 0. The van der Waals surface area contributed by atoms with Crippen molar-refractivity contribution in [2.45, 2.75) is 44.8 Å². The summed E-state index contributed by atoms with van der Waals surface area (Å²) in [5.41, 5.74) is -2.30. The Morgan fingerprint density at radius 2 is 2.23 bits per heavy atom. The predicted octanol–water partition coefficient (Wildman–Crippen LogP) is -1.28. The first-order chi connectivity index (χ1) is 12.2. The number of aromatic nitrogens is 4. The Balaban J connectivity index is 2.06. The third-order valence-electron chi connectivity index (χ3n) is 4.39. The SMILES string of the molecule is CC(C)C(=O)Nc1nc2c(ncn2[C@@H]2O[C@H](CO)[C@@H](O)[C@@]2(C)O)c(=O)[nH]1. The number of imidazole rings is 1. The Hall–Kier alpha value is -2.34. The molecule has 0 radical (unpaired) electrons. The number of amides is 1. The van der Waals surface area contributed by atoms with Gasteiger partial charge in [0.25, 0.3) is 5.56 Å². The smallest absolute Gasteiger partial charge is 0.280 e. The van der Waals surface area contributed by atoms with Gasteiger partial charge in [0.15, 0.2) is 17.4 Å². The fraction of sp³-hybridized carbons (Fsp3) is 0.600. The molecule has 1 saturated heterocycles. The Kier molecular flexibility index (Phi) is 4.56. The second-order valence-corrected chi connectivity index (χ2v) is 6.76. The summed E-state index contributed by atoms with van der Waals surface area (Å²) in [5.74, 6) is -0.724. The van der Waals surface area contributed by atoms with Crippen LogP contribution < -0.4 is 10.9 Å². The molecule has 11 heteroatoms. The molecule has 0 bridgehead atoms. The summed E-state index contributed by atoms with van der Waals surface area (Å²) in [6.45, 7) is 4.23. The van der Waals surface area contributed by atoms with E-state index in [2.05, 4.69) is 20.3 Å². The largest absolute Gasteiger partial charge is 0.394 e. The molecule has 0 saturated carbocycles. The number of fused-ring (bicyclic) bond motifs is 1. The van der Waals surface area contributed by atoms with E-state index in [9.17, 15) is 24.9 Å². The first-order valence-electron chi connectivity index (χ1n) is 8.11. The summed E-state index contributed by atoms with van der Waals surface area (Å²) in [7, 11) is 0. The van der Waals surface area contributed by atoms with Crippen LogP contribution in [0.4, 0.5) is 5.95 Å². The number of carbonyl (C=O) groups is 1. The van der Waals surface area contributed by atoms with Crippen LogP contribution >= 0.6 is 0 Å². The first-order valence-corrected chi connectivity index (χ1v) is 8.11. The van der Waals surface area contributed by atoms with E-state index in [0.29, 0.717) is 0 Å². The van der Waals surface area contributed by atoms with Crippen LogP contribution in [0.15, 0.2) is 11.1 Å². The molecule has 0 aliphatic carbocycles. The van der Waals surface area contributed by atoms with Gasteiger partial charge >= 0.3 is 0 Å². The average Bonchev–Trinajstić information content (AvgIpc) is 3.07. The van der Waals surface area contributed by atoms with Gasteiger partial charge in [0.2, 0.25) is 11.9 Å². The number of hydrogen-bond donors (Lipinski definition) is 5. The second-order valence-electron chi connectivity index (χ2n) is 6.76. The summed E-state index contributed by atoms with van der Waals surface area (Å²) in [6.07, 6.45) is -2.25. The molecule has 0 unspecified atom stereocenters. The van der Waals surface area contributed by atoms with Gasteiger partial charge in [-0.2, -0.15) is 4.98 Å². The van der Waals surface area contributed by atoms with Crippen LogP contribution in [-0.2, 0) is 9.53 Å². The number of aliphatic hydroxyl groups excluding tert-OH is 2. The average molecular weight is 367 g/mol. The Morgan fingerprint density at radius 3 is 2.81 bits per heavy atom. The van der Waals surface area contributed by atoms with Crippen LogP contribution in [0.1, 0.15) is 27.0 Å². The second kappa shape index (κ2) is 6.43. The summed E-state index contributed by atoms with van der Waals surface area (Å²) in [4.78, 5) is 34.6. The van der Waals surface area contributed by atoms with Gasteiger partial charge in [-0.15, -0.1) is 0 Å². The molecule has 0 spiro atoms. The topological polar surface area (TPSA) is 163 Å². The van der Waals surface area contributed by atoms with E-state index in [0.717, 1.165) is 0 Å². The zero-order valence-corrected chi connectivity index (χ0v) is 14.5. The number of hydrogen-bond acceptors (Lipinski definition) is 8. The number of ether oxygens (including phenoxy) is 1. The number of carbonyl (C=O) groups excluding carboxylic acids is 1. The highest BCUT2D eigenvalue weighted by Gasteiger charge is 2.53. The van der Waals surface area contributed by atoms with Crippen LogP contribution in [0.5, 0.6) is 0 Å². The van der Waals surface area contributed by atoms with Gasteiger partial charge in [0, 0.05) is 5.92 Å². The first kappa shape index (κ1) is 18.5. The van der Waals surface area contributed by atoms with E-state index in [4.69, 9.17) is 4.74 Å². The lowest BCUT2D eigenvalue weighted by Crippen LogP contribution is -2.44. The Bertz CT molecular complexity index is 888. The standard InChI is InChI=1S/C15H21N5O6/c1-6(2)11(23)18-14-17-10-8(12(24)19-14)16-5-20(10)13-15(3,25)9(22)7(4-21)26-13/h5-7,9,13,21-22,25H,4H2,1-3H3,(H2,17,18,19,23,24)/t7-,9-,13-,15-/m1/s1. The third-order valence-corrected chi connectivity index (χ3v) is 4.39. The molecular weight excluding hydrogens is 346 g/mol. The fourth-order valence-electron chi connectivity index (χ4n) is 2.81. The lowest BCUT2D eigenvalue weighted by Gasteiger charge is -2.27. The van der Waals surface area contributed by atoms with E-state index in [1.165, 1.54) is 17.8 Å². The highest BCUT2D eigenvalue weighted by atomic mass is 16.6. The molecule has 26 heavy (non-hydrogen) atoms. The number of anilines is 1. The van der Waals surface area contributed by atoms with Gasteiger partial charge in [0.05, 0.1) is 12.9 Å². The summed E-state index contributed by atoms with van der Waals surface area (Å²) in [5, 5.41) is 32.5. The molecule has 5 N–H and O–H groups in total. The summed E-state index contributed by atoms with van der Waals surface area (Å²) >= 11 is 0. The molecule has 11 nitrogen and oxygen atoms in total. The van der Waals surface area contributed by atoms with E-state index in [-0.39, 0.29) is 28.9 Å². The van der Waals surface area contributed by atoms with Crippen molar-refractivity contribution in [3.8, 4) is 0 Å². The van der Waals surface area contributed by atoms with E-state index in [1.807, 2.05) is 0 Å². The zero-order valence-electron chi connectivity index (χ0n) is 14.5. The minimum atomic E-state index is -1.76. The van der Waals surface area contributed by atoms with Gasteiger partial charge < -0.3 is 20.1 Å². The molecule has 0 aromatic carbocycles. The molecule has 2 aromatic rings. The molecule has 142 valence electrons. The number of rotatable bonds is 4. The maximum absolute atomic E-state index is 12.2. The number of nitrogens with zero attached hydrogens (tertiary/aromatic N) is 3. The number of nitrogens with one attached hydrogen (secondary N) is 2. The van der Waals surface area contributed by atoms with Crippen molar-refractivity contribution in [2.75, 3.05) is 11.9 Å². The highest BCUT2D eigenvalue weighted by molar-refractivity contribution is 5.91. The van der Waals surface area contributed by atoms with Crippen LogP contribution in [-0.4, -0.2) is 65.2 Å². The molecule has 3 heterocycles. The molecule has 1 fully saturated rings. The van der Waals surface area contributed by atoms with Crippen molar-refractivity contribution in [3.05, 3.63) is 16.7 Å². The van der Waals surface area contributed by atoms with Crippen molar-refractivity contribution in [3.63, 3.8) is 0 Å². The number of aliphatic hydroxyl groups is 3. The van der Waals surface area contributed by atoms with Crippen molar-refractivity contribution in [1.29, 1.82) is 0 Å². The monoisotopic (exact) mass is 367 g/mol. The highest BCUT2D eigenvalue weighted by Crippen LogP contribution is 2.39. The van der Waals surface area contributed by atoms with Crippen molar-refractivity contribution < 1.29 is 24.9 Å². The minimum absolute atomic E-state index is 0.0196. The van der Waals surface area contributed by atoms with Crippen LogP contribution in [0.3, 0.4) is 0 Å². The molecular formula is C15H21N5O6. The lowest BCUT2D eigenvalue weighted by atomic mass is 9.96. The van der Waals surface area contributed by atoms with Gasteiger partial charge in [-0.25, -0.2) is 4.98 Å². The maximum Gasteiger partial charge on any atom is 0.280 e. The van der Waals surface area contributed by atoms with Crippen molar-refractivity contribution in [2.24, 2.45) is 5.92 Å².